The van der Waals surface area contributed by atoms with Gasteiger partial charge in [-0.1, -0.05) is 0 Å². The van der Waals surface area contributed by atoms with E-state index in [1.165, 1.54) is 15.9 Å². The molecular formula is C11H12BrN3O3S. The van der Waals surface area contributed by atoms with Gasteiger partial charge in [-0.05, 0) is 35.3 Å². The summed E-state index contributed by atoms with van der Waals surface area (Å²) in [5.41, 5.74) is 4.88. The fourth-order valence-electron chi connectivity index (χ4n) is 1.94. The number of fused-ring (bicyclic) bond motifs is 1. The van der Waals surface area contributed by atoms with Gasteiger partial charge in [0.2, 0.25) is 5.91 Å². The minimum absolute atomic E-state index is 0.402. The first-order valence-corrected chi connectivity index (χ1v) is 7.20. The number of aryl methyl sites for hydroxylation is 2. The average molecular weight is 346 g/mol. The lowest BCUT2D eigenvalue weighted by atomic mass is 10.2. The maximum Gasteiger partial charge on any atom is 0.332 e. The van der Waals surface area contributed by atoms with Gasteiger partial charge in [-0.25, -0.2) is 4.79 Å². The number of carbonyl (C=O) groups is 1. The van der Waals surface area contributed by atoms with E-state index < -0.39 is 23.7 Å². The Balaban J connectivity index is 3.00. The lowest BCUT2D eigenvalue weighted by Crippen LogP contribution is -2.42. The minimum atomic E-state index is -0.715. The molecule has 102 valence electrons. The van der Waals surface area contributed by atoms with Crippen LogP contribution in [0.1, 0.15) is 12.5 Å². The summed E-state index contributed by atoms with van der Waals surface area (Å²) in [4.78, 5) is 36.1. The van der Waals surface area contributed by atoms with Crippen molar-refractivity contribution >= 4 is 43.4 Å². The van der Waals surface area contributed by atoms with E-state index in [2.05, 4.69) is 15.9 Å². The molecule has 8 heteroatoms. The molecule has 0 bridgehead atoms. The molecule has 0 fully saturated rings. The van der Waals surface area contributed by atoms with E-state index in [-0.39, 0.29) is 0 Å². The summed E-state index contributed by atoms with van der Waals surface area (Å²) in [6.45, 7) is 3.62. The Morgan fingerprint density at radius 2 is 2.00 bits per heavy atom. The van der Waals surface area contributed by atoms with Crippen LogP contribution in [-0.4, -0.2) is 15.0 Å². The van der Waals surface area contributed by atoms with Crippen LogP contribution >= 0.6 is 27.3 Å². The number of primary amides is 1. The molecule has 1 amide bonds. The van der Waals surface area contributed by atoms with Gasteiger partial charge in [-0.3, -0.25) is 18.7 Å². The fourth-order valence-corrected chi connectivity index (χ4v) is 3.68. The van der Waals surface area contributed by atoms with Crippen LogP contribution in [0.5, 0.6) is 0 Å². The topological polar surface area (TPSA) is 87.1 Å². The molecule has 0 aliphatic carbocycles. The Morgan fingerprint density at radius 1 is 1.37 bits per heavy atom. The number of thiophene rings is 1. The molecule has 0 aromatic carbocycles. The minimum Gasteiger partial charge on any atom is -0.368 e. The van der Waals surface area contributed by atoms with Crippen molar-refractivity contribution in [1.82, 2.24) is 9.13 Å². The van der Waals surface area contributed by atoms with Crippen molar-refractivity contribution in [3.05, 3.63) is 30.2 Å². The molecule has 2 heterocycles. The first kappa shape index (κ1) is 14.0. The highest BCUT2D eigenvalue weighted by Gasteiger charge is 2.18. The Hall–Kier alpha value is -1.41. The number of carbonyl (C=O) groups excluding carboxylic acids is 1. The van der Waals surface area contributed by atoms with E-state index in [9.17, 15) is 14.4 Å². The molecule has 2 aromatic rings. The molecule has 0 spiro atoms. The Labute approximate surface area is 120 Å². The maximum absolute atomic E-state index is 12.3. The first-order chi connectivity index (χ1) is 8.88. The van der Waals surface area contributed by atoms with Gasteiger partial charge in [0.15, 0.2) is 0 Å². The molecule has 2 rings (SSSR count). The van der Waals surface area contributed by atoms with Crippen LogP contribution in [0.3, 0.4) is 0 Å². The lowest BCUT2D eigenvalue weighted by Gasteiger charge is -2.08. The second-order valence-corrected chi connectivity index (χ2v) is 6.38. The third-order valence-electron chi connectivity index (χ3n) is 2.87. The zero-order valence-electron chi connectivity index (χ0n) is 10.4. The van der Waals surface area contributed by atoms with E-state index in [1.807, 2.05) is 6.92 Å². The summed E-state index contributed by atoms with van der Waals surface area (Å²) < 4.78 is 3.17. The molecule has 0 aliphatic heterocycles. The molecule has 0 atom stereocenters. The monoisotopic (exact) mass is 345 g/mol. The summed E-state index contributed by atoms with van der Waals surface area (Å²) in [6, 6.07) is 0. The van der Waals surface area contributed by atoms with Gasteiger partial charge in [-0.2, -0.15) is 0 Å². The standard InChI is InChI=1S/C11H12BrN3O3S/c1-3-14-10-7(5(2)8(12)19-10)9(17)15(11(14)18)4-6(13)16/h3-4H2,1-2H3,(H2,13,16). The summed E-state index contributed by atoms with van der Waals surface area (Å²) in [5, 5.41) is 0.458. The molecule has 0 radical (unpaired) electrons. The summed E-state index contributed by atoms with van der Waals surface area (Å²) >= 11 is 4.71. The first-order valence-electron chi connectivity index (χ1n) is 5.59. The number of nitrogens with two attached hydrogens (primary N) is 1. The van der Waals surface area contributed by atoms with Crippen molar-refractivity contribution in [2.24, 2.45) is 5.73 Å². The highest BCUT2D eigenvalue weighted by Crippen LogP contribution is 2.32. The number of aromatic nitrogens is 2. The second kappa shape index (κ2) is 4.93. The molecule has 0 saturated carbocycles. The third kappa shape index (κ3) is 2.14. The van der Waals surface area contributed by atoms with E-state index in [1.54, 1.807) is 6.92 Å². The van der Waals surface area contributed by atoms with Crippen molar-refractivity contribution in [3.8, 4) is 0 Å². The second-order valence-electron chi connectivity index (χ2n) is 4.07. The van der Waals surface area contributed by atoms with Crippen LogP contribution in [-0.2, 0) is 17.9 Å². The van der Waals surface area contributed by atoms with E-state index in [4.69, 9.17) is 5.73 Å². The van der Waals surface area contributed by atoms with Gasteiger partial charge in [0.25, 0.3) is 5.56 Å². The number of halogens is 1. The molecule has 0 aliphatic rings. The number of hydrogen-bond acceptors (Lipinski definition) is 4. The summed E-state index contributed by atoms with van der Waals surface area (Å²) in [7, 11) is 0. The molecular weight excluding hydrogens is 334 g/mol. The molecule has 0 saturated heterocycles. The zero-order valence-corrected chi connectivity index (χ0v) is 12.8. The molecule has 19 heavy (non-hydrogen) atoms. The van der Waals surface area contributed by atoms with E-state index in [0.717, 1.165) is 13.9 Å². The van der Waals surface area contributed by atoms with Gasteiger partial charge < -0.3 is 5.73 Å². The van der Waals surface area contributed by atoms with Crippen LogP contribution in [0.15, 0.2) is 13.4 Å². The third-order valence-corrected chi connectivity index (χ3v) is 5.05. The Morgan fingerprint density at radius 3 is 2.53 bits per heavy atom. The largest absolute Gasteiger partial charge is 0.368 e. The van der Waals surface area contributed by atoms with E-state index >= 15 is 0 Å². The smallest absolute Gasteiger partial charge is 0.332 e. The van der Waals surface area contributed by atoms with Gasteiger partial charge in [-0.15, -0.1) is 11.3 Å². The van der Waals surface area contributed by atoms with Crippen LogP contribution in [0.4, 0.5) is 0 Å². The van der Waals surface area contributed by atoms with Crippen LogP contribution in [0, 0.1) is 6.92 Å². The Bertz CT molecular complexity index is 787. The predicted molar refractivity (Wildman–Crippen MR) is 77.7 cm³/mol. The maximum atomic E-state index is 12.3. The van der Waals surface area contributed by atoms with E-state index in [0.29, 0.717) is 16.8 Å². The normalized spacial score (nSPS) is 11.1. The number of rotatable bonds is 3. The molecule has 6 nitrogen and oxygen atoms in total. The van der Waals surface area contributed by atoms with Gasteiger partial charge >= 0.3 is 5.69 Å². The molecule has 2 N–H and O–H groups in total. The van der Waals surface area contributed by atoms with Crippen molar-refractivity contribution in [3.63, 3.8) is 0 Å². The zero-order chi connectivity index (χ0) is 14.3. The molecule has 0 unspecified atom stereocenters. The molecule has 2 aromatic heterocycles. The van der Waals surface area contributed by atoms with Crippen LogP contribution in [0.25, 0.3) is 10.2 Å². The highest BCUT2D eigenvalue weighted by atomic mass is 79.9. The number of amides is 1. The van der Waals surface area contributed by atoms with Gasteiger partial charge in [0, 0.05) is 6.54 Å². The van der Waals surface area contributed by atoms with Crippen molar-refractivity contribution < 1.29 is 4.79 Å². The summed E-state index contributed by atoms with van der Waals surface area (Å²) in [6.07, 6.45) is 0. The van der Waals surface area contributed by atoms with Crippen LogP contribution in [0.2, 0.25) is 0 Å². The van der Waals surface area contributed by atoms with Gasteiger partial charge in [0.05, 0.1) is 9.17 Å². The predicted octanol–water partition coefficient (Wildman–Crippen LogP) is 0.801. The van der Waals surface area contributed by atoms with Gasteiger partial charge in [0.1, 0.15) is 11.4 Å². The van der Waals surface area contributed by atoms with Crippen molar-refractivity contribution in [2.75, 3.05) is 0 Å². The van der Waals surface area contributed by atoms with Crippen molar-refractivity contribution in [1.29, 1.82) is 0 Å². The number of hydrogen-bond donors (Lipinski definition) is 1. The number of nitrogens with zero attached hydrogens (tertiary/aromatic N) is 2. The highest BCUT2D eigenvalue weighted by molar-refractivity contribution is 9.11. The lowest BCUT2D eigenvalue weighted by molar-refractivity contribution is -0.118. The quantitative estimate of drug-likeness (QED) is 0.892. The SMILES string of the molecule is CCn1c(=O)n(CC(N)=O)c(=O)c2c(C)c(Br)sc21. The van der Waals surface area contributed by atoms with Crippen molar-refractivity contribution in [2.45, 2.75) is 26.9 Å². The Kier molecular flexibility index (Phi) is 3.64. The average Bonchev–Trinajstić information content (AvgIpc) is 2.62. The van der Waals surface area contributed by atoms with Crippen LogP contribution < -0.4 is 17.0 Å². The fraction of sp³-hybridized carbons (Fsp3) is 0.364. The summed E-state index contributed by atoms with van der Waals surface area (Å²) in [5.74, 6) is -0.715.